The van der Waals surface area contributed by atoms with E-state index in [0.29, 0.717) is 16.2 Å². The topological polar surface area (TPSA) is 200 Å². The molecule has 0 aromatic heterocycles. The Morgan fingerprint density at radius 3 is 1.82 bits per heavy atom. The molecule has 1 aliphatic carbocycles. The maximum absolute atomic E-state index is 14.6. The molecule has 1 amide bonds. The zero-order valence-electron chi connectivity index (χ0n) is 31.4. The van der Waals surface area contributed by atoms with Gasteiger partial charge >= 0.3 is 35.9 Å². The van der Waals surface area contributed by atoms with Gasteiger partial charge in [-0.05, 0) is 39.9 Å². The van der Waals surface area contributed by atoms with Crippen LogP contribution in [0.3, 0.4) is 0 Å². The Hall–Kier alpha value is -6.00. The Bertz CT molecular complexity index is 1870. The summed E-state index contributed by atoms with van der Waals surface area (Å²) in [6.07, 6.45) is -9.98. The molecule has 298 valence electrons. The van der Waals surface area contributed by atoms with Crippen molar-refractivity contribution in [3.8, 4) is 16.9 Å². The molecular formula is C40H43NO15. The lowest BCUT2D eigenvalue weighted by Gasteiger charge is -2.47. The molecule has 1 heterocycles. The third-order valence-corrected chi connectivity index (χ3v) is 9.10. The minimum absolute atomic E-state index is 0.259. The molecule has 1 aliphatic heterocycles. The summed E-state index contributed by atoms with van der Waals surface area (Å²) in [5.41, 5.74) is 4.15. The van der Waals surface area contributed by atoms with E-state index in [1.807, 2.05) is 48.5 Å². The Morgan fingerprint density at radius 2 is 1.27 bits per heavy atom. The molecule has 2 aliphatic rings. The monoisotopic (exact) mass is 777 g/mol. The van der Waals surface area contributed by atoms with E-state index in [4.69, 9.17) is 37.9 Å². The summed E-state index contributed by atoms with van der Waals surface area (Å²) in [6, 6.07) is 19.9. The highest BCUT2D eigenvalue weighted by Gasteiger charge is 2.55. The number of fused-ring (bicyclic) bond motifs is 3. The van der Waals surface area contributed by atoms with Crippen LogP contribution in [0.1, 0.15) is 50.3 Å². The number of hydrogen-bond donors (Lipinski definition) is 1. The van der Waals surface area contributed by atoms with Crippen LogP contribution in [0.25, 0.3) is 11.1 Å². The second kappa shape index (κ2) is 18.6. The number of aliphatic hydroxyl groups is 1. The van der Waals surface area contributed by atoms with E-state index in [1.165, 1.54) is 7.11 Å². The van der Waals surface area contributed by atoms with Crippen LogP contribution in [-0.2, 0) is 63.7 Å². The number of nitrogens with zero attached hydrogens (tertiary/aromatic N) is 1. The summed E-state index contributed by atoms with van der Waals surface area (Å²) >= 11 is 0. The van der Waals surface area contributed by atoms with Crippen LogP contribution >= 0.6 is 0 Å². The first kappa shape index (κ1) is 41.2. The summed E-state index contributed by atoms with van der Waals surface area (Å²) in [5, 5.41) is 11.7. The molecule has 0 radical (unpaired) electrons. The van der Waals surface area contributed by atoms with E-state index in [0.717, 1.165) is 49.9 Å². The summed E-state index contributed by atoms with van der Waals surface area (Å²) in [6.45, 7) is 2.30. The normalized spacial score (nSPS) is 20.3. The Kier molecular flexibility index (Phi) is 13.6. The molecule has 16 heteroatoms. The average Bonchev–Trinajstić information content (AvgIpc) is 3.49. The van der Waals surface area contributed by atoms with E-state index in [2.05, 4.69) is 0 Å². The standard InChI is InChI=1S/C40H43NO15/c1-22(42)50-20-33(39(47)52-18-26-14-16-27(49-5)17-15-26)41(40(48)53-19-32-30-12-8-6-10-28(30)29-11-7-9-13-31(29)32)38-37(55-25(4)45)35(46)36(54-24(3)44)34(56-38)21-51-23(2)43/h6-17,32-38,46H,18-21H2,1-5H3/t33-,34+,35-,36+,37-,38-/m0/s1. The highest BCUT2D eigenvalue weighted by molar-refractivity contribution is 5.83. The van der Waals surface area contributed by atoms with Gasteiger partial charge in [-0.1, -0.05) is 60.7 Å². The lowest BCUT2D eigenvalue weighted by molar-refractivity contribution is -0.274. The highest BCUT2D eigenvalue weighted by Crippen LogP contribution is 2.44. The van der Waals surface area contributed by atoms with E-state index in [-0.39, 0.29) is 13.2 Å². The fourth-order valence-electron chi connectivity index (χ4n) is 6.63. The summed E-state index contributed by atoms with van der Waals surface area (Å²) < 4.78 is 44.1. The Labute approximate surface area is 322 Å². The SMILES string of the molecule is COc1ccc(COC(=O)[C@H](COC(C)=O)N(C(=O)OCC2c3ccccc3-c3ccccc32)[C@H]2O[C@H](COC(C)=O)[C@@H](OC(C)=O)[C@H](O)[C@@H]2OC(C)=O)cc1. The molecule has 0 bridgehead atoms. The third-order valence-electron chi connectivity index (χ3n) is 9.10. The quantitative estimate of drug-likeness (QED) is 0.184. The van der Waals surface area contributed by atoms with Crippen molar-refractivity contribution in [1.29, 1.82) is 0 Å². The van der Waals surface area contributed by atoms with E-state index in [1.54, 1.807) is 24.3 Å². The lowest BCUT2D eigenvalue weighted by Crippen LogP contribution is -2.68. The van der Waals surface area contributed by atoms with E-state index < -0.39 is 91.8 Å². The first-order chi connectivity index (χ1) is 26.8. The van der Waals surface area contributed by atoms with Crippen LogP contribution in [0.15, 0.2) is 72.8 Å². The maximum Gasteiger partial charge on any atom is 0.412 e. The summed E-state index contributed by atoms with van der Waals surface area (Å²) in [7, 11) is 1.49. The van der Waals surface area contributed by atoms with Gasteiger partial charge in [0.15, 0.2) is 24.5 Å². The van der Waals surface area contributed by atoms with Crippen molar-refractivity contribution < 1.29 is 71.8 Å². The lowest BCUT2D eigenvalue weighted by atomic mass is 9.96. The fraction of sp³-hybridized carbons (Fsp3) is 0.400. The van der Waals surface area contributed by atoms with E-state index >= 15 is 0 Å². The molecule has 0 spiro atoms. The number of ether oxygens (including phenoxy) is 8. The minimum atomic E-state index is -1.92. The molecular weight excluding hydrogens is 734 g/mol. The van der Waals surface area contributed by atoms with Gasteiger partial charge in [-0.25, -0.2) is 9.59 Å². The number of hydrogen-bond acceptors (Lipinski definition) is 15. The van der Waals surface area contributed by atoms with Gasteiger partial charge in [0.2, 0.25) is 0 Å². The van der Waals surface area contributed by atoms with Crippen molar-refractivity contribution in [1.82, 2.24) is 4.90 Å². The molecule has 0 unspecified atom stereocenters. The molecule has 1 fully saturated rings. The maximum atomic E-state index is 14.6. The smallest absolute Gasteiger partial charge is 0.412 e. The summed E-state index contributed by atoms with van der Waals surface area (Å²) in [5.74, 6) is -4.40. The van der Waals surface area contributed by atoms with Gasteiger partial charge in [0.1, 0.15) is 44.4 Å². The van der Waals surface area contributed by atoms with Gasteiger partial charge in [-0.15, -0.1) is 0 Å². The fourth-order valence-corrected chi connectivity index (χ4v) is 6.63. The largest absolute Gasteiger partial charge is 0.497 e. The zero-order chi connectivity index (χ0) is 40.5. The molecule has 6 atom stereocenters. The predicted octanol–water partition coefficient (Wildman–Crippen LogP) is 3.43. The molecule has 1 N–H and O–H groups in total. The zero-order valence-corrected chi connectivity index (χ0v) is 31.4. The predicted molar refractivity (Wildman–Crippen MR) is 193 cm³/mol. The number of amides is 1. The van der Waals surface area contributed by atoms with Crippen molar-refractivity contribution in [3.63, 3.8) is 0 Å². The number of esters is 5. The average molecular weight is 778 g/mol. The number of benzene rings is 3. The molecule has 16 nitrogen and oxygen atoms in total. The van der Waals surface area contributed by atoms with Crippen LogP contribution in [0, 0.1) is 0 Å². The van der Waals surface area contributed by atoms with Crippen LogP contribution in [0.2, 0.25) is 0 Å². The van der Waals surface area contributed by atoms with E-state index in [9.17, 15) is 33.9 Å². The van der Waals surface area contributed by atoms with Crippen LogP contribution < -0.4 is 4.74 Å². The molecule has 3 aromatic rings. The second-order valence-electron chi connectivity index (χ2n) is 13.0. The number of aliphatic hydroxyl groups excluding tert-OH is 1. The second-order valence-corrected chi connectivity index (χ2v) is 13.0. The first-order valence-corrected chi connectivity index (χ1v) is 17.7. The minimum Gasteiger partial charge on any atom is -0.497 e. The summed E-state index contributed by atoms with van der Waals surface area (Å²) in [4.78, 5) is 78.1. The Balaban J connectivity index is 1.56. The van der Waals surface area contributed by atoms with Crippen LogP contribution in [0.5, 0.6) is 5.75 Å². The van der Waals surface area contributed by atoms with Crippen LogP contribution in [0.4, 0.5) is 4.79 Å². The number of methoxy groups -OCH3 is 1. The van der Waals surface area contributed by atoms with Gasteiger partial charge in [-0.3, -0.25) is 24.1 Å². The molecule has 3 aromatic carbocycles. The Morgan fingerprint density at radius 1 is 0.696 bits per heavy atom. The number of carbonyl (C=O) groups is 6. The van der Waals surface area contributed by atoms with Crippen molar-refractivity contribution >= 4 is 35.9 Å². The molecule has 5 rings (SSSR count). The van der Waals surface area contributed by atoms with Gasteiger partial charge in [0.05, 0.1) is 7.11 Å². The third kappa shape index (κ3) is 9.80. The highest BCUT2D eigenvalue weighted by atomic mass is 16.6. The molecule has 56 heavy (non-hydrogen) atoms. The van der Waals surface area contributed by atoms with Gasteiger partial charge in [-0.2, -0.15) is 0 Å². The number of carbonyl (C=O) groups excluding carboxylic acids is 6. The van der Waals surface area contributed by atoms with Gasteiger partial charge in [0.25, 0.3) is 0 Å². The van der Waals surface area contributed by atoms with Gasteiger partial charge < -0.3 is 43.0 Å². The van der Waals surface area contributed by atoms with Crippen molar-refractivity contribution in [3.05, 3.63) is 89.5 Å². The molecule has 0 saturated carbocycles. The van der Waals surface area contributed by atoms with Crippen LogP contribution in [-0.4, -0.2) is 110 Å². The molecule has 1 saturated heterocycles. The van der Waals surface area contributed by atoms with Crippen molar-refractivity contribution in [2.45, 2.75) is 76.9 Å². The first-order valence-electron chi connectivity index (χ1n) is 17.7. The van der Waals surface area contributed by atoms with Gasteiger partial charge in [0, 0.05) is 33.6 Å². The van der Waals surface area contributed by atoms with Crippen molar-refractivity contribution in [2.75, 3.05) is 26.9 Å². The van der Waals surface area contributed by atoms with Crippen molar-refractivity contribution in [2.24, 2.45) is 0 Å². The number of rotatable bonds is 14.